The number of ether oxygens (including phenoxy) is 1. The molecule has 3 aromatic carbocycles. The largest absolute Gasteiger partial charge is 0.495 e. The average Bonchev–Trinajstić information content (AvgIpc) is 2.80. The van der Waals surface area contributed by atoms with Gasteiger partial charge in [0.25, 0.3) is 0 Å². The van der Waals surface area contributed by atoms with E-state index in [9.17, 15) is 13.2 Å². The molecular formula is C26H29ClN2O4S. The van der Waals surface area contributed by atoms with Gasteiger partial charge in [-0.05, 0) is 48.2 Å². The van der Waals surface area contributed by atoms with Crippen LogP contribution in [0.3, 0.4) is 0 Å². The second-order valence-corrected chi connectivity index (χ2v) is 10.3. The van der Waals surface area contributed by atoms with Crippen molar-refractivity contribution >= 4 is 33.2 Å². The highest BCUT2D eigenvalue weighted by Gasteiger charge is 2.21. The van der Waals surface area contributed by atoms with Crippen molar-refractivity contribution in [2.45, 2.75) is 25.8 Å². The maximum atomic E-state index is 12.9. The molecule has 34 heavy (non-hydrogen) atoms. The number of amides is 1. The summed E-state index contributed by atoms with van der Waals surface area (Å²) in [5.74, 6) is 0.305. The third-order valence-electron chi connectivity index (χ3n) is 5.53. The van der Waals surface area contributed by atoms with Crippen LogP contribution in [0.5, 0.6) is 5.75 Å². The Morgan fingerprint density at radius 3 is 2.35 bits per heavy atom. The summed E-state index contributed by atoms with van der Waals surface area (Å²) >= 11 is 6.18. The van der Waals surface area contributed by atoms with Crippen LogP contribution in [-0.2, 0) is 14.8 Å². The third-order valence-corrected chi connectivity index (χ3v) is 7.02. The summed E-state index contributed by atoms with van der Waals surface area (Å²) in [5, 5.41) is 3.44. The zero-order valence-electron chi connectivity index (χ0n) is 19.5. The topological polar surface area (TPSA) is 75.7 Å². The first-order chi connectivity index (χ1) is 16.2. The maximum absolute atomic E-state index is 12.9. The molecule has 0 aliphatic heterocycles. The number of carbonyl (C=O) groups excluding carboxylic acids is 1. The molecule has 1 atom stereocenters. The SMILES string of the molecule is COc1ccc(N(CCCC(=O)N[C@H](c2ccccc2)c2ccccc2C)S(C)(=O)=O)cc1Cl. The zero-order valence-corrected chi connectivity index (χ0v) is 21.1. The van der Waals surface area contributed by atoms with Crippen LogP contribution in [-0.4, -0.2) is 34.2 Å². The quantitative estimate of drug-likeness (QED) is 0.419. The lowest BCUT2D eigenvalue weighted by Gasteiger charge is -2.24. The van der Waals surface area contributed by atoms with E-state index in [-0.39, 0.29) is 24.9 Å². The summed E-state index contributed by atoms with van der Waals surface area (Å²) in [7, 11) is -2.07. The van der Waals surface area contributed by atoms with Gasteiger partial charge in [0.2, 0.25) is 15.9 Å². The number of hydrogen-bond donors (Lipinski definition) is 1. The van der Waals surface area contributed by atoms with Crippen LogP contribution in [0.2, 0.25) is 5.02 Å². The van der Waals surface area contributed by atoms with Crippen LogP contribution in [0.1, 0.15) is 35.6 Å². The van der Waals surface area contributed by atoms with E-state index in [1.165, 1.54) is 11.4 Å². The van der Waals surface area contributed by atoms with E-state index in [0.29, 0.717) is 22.9 Å². The molecule has 6 nitrogen and oxygen atoms in total. The molecule has 0 unspecified atom stereocenters. The van der Waals surface area contributed by atoms with Gasteiger partial charge in [-0.15, -0.1) is 0 Å². The standard InChI is InChI=1S/C26H29ClN2O4S/c1-19-10-7-8-13-22(19)26(20-11-5-4-6-12-20)28-25(30)14-9-17-29(34(3,31)32)21-15-16-24(33-2)23(27)18-21/h4-8,10-13,15-16,18,26H,9,14,17H2,1-3H3,(H,28,30)/t26-/m1/s1. The second-order valence-electron chi connectivity index (χ2n) is 8.03. The van der Waals surface area contributed by atoms with Crippen LogP contribution in [0.15, 0.2) is 72.8 Å². The van der Waals surface area contributed by atoms with E-state index < -0.39 is 10.0 Å². The molecular weight excluding hydrogens is 472 g/mol. The Morgan fingerprint density at radius 1 is 1.06 bits per heavy atom. The summed E-state index contributed by atoms with van der Waals surface area (Å²) < 4.78 is 31.2. The van der Waals surface area contributed by atoms with E-state index in [1.54, 1.807) is 18.2 Å². The van der Waals surface area contributed by atoms with Gasteiger partial charge >= 0.3 is 0 Å². The van der Waals surface area contributed by atoms with Gasteiger partial charge in [-0.3, -0.25) is 9.10 Å². The number of nitrogens with zero attached hydrogens (tertiary/aromatic N) is 1. The summed E-state index contributed by atoms with van der Waals surface area (Å²) in [4.78, 5) is 12.9. The van der Waals surface area contributed by atoms with Gasteiger partial charge in [-0.1, -0.05) is 66.2 Å². The highest BCUT2D eigenvalue weighted by Crippen LogP contribution is 2.30. The Balaban J connectivity index is 1.71. The van der Waals surface area contributed by atoms with E-state index in [1.807, 2.05) is 61.5 Å². The monoisotopic (exact) mass is 500 g/mol. The summed E-state index contributed by atoms with van der Waals surface area (Å²) in [5.41, 5.74) is 3.51. The Kier molecular flexibility index (Phi) is 8.58. The Hall–Kier alpha value is -3.03. The van der Waals surface area contributed by atoms with Crippen molar-refractivity contribution in [2.24, 2.45) is 0 Å². The zero-order chi connectivity index (χ0) is 24.7. The fourth-order valence-corrected chi connectivity index (χ4v) is 5.02. The van der Waals surface area contributed by atoms with Crippen molar-refractivity contribution in [3.05, 3.63) is 94.5 Å². The van der Waals surface area contributed by atoms with Gasteiger partial charge in [0.05, 0.1) is 30.1 Å². The van der Waals surface area contributed by atoms with Gasteiger partial charge in [0, 0.05) is 13.0 Å². The van der Waals surface area contributed by atoms with Crippen LogP contribution in [0.4, 0.5) is 5.69 Å². The normalized spacial score (nSPS) is 12.1. The van der Waals surface area contributed by atoms with Crippen molar-refractivity contribution in [1.82, 2.24) is 5.32 Å². The van der Waals surface area contributed by atoms with E-state index in [0.717, 1.165) is 22.9 Å². The number of nitrogens with one attached hydrogen (secondary N) is 1. The minimum atomic E-state index is -3.56. The van der Waals surface area contributed by atoms with Crippen molar-refractivity contribution in [3.8, 4) is 5.75 Å². The summed E-state index contributed by atoms with van der Waals surface area (Å²) in [6.45, 7) is 2.16. The molecule has 0 spiro atoms. The van der Waals surface area contributed by atoms with Crippen LogP contribution in [0, 0.1) is 6.92 Å². The molecule has 0 bridgehead atoms. The maximum Gasteiger partial charge on any atom is 0.232 e. The number of rotatable bonds is 10. The summed E-state index contributed by atoms with van der Waals surface area (Å²) in [6.07, 6.45) is 1.65. The predicted molar refractivity (Wildman–Crippen MR) is 137 cm³/mol. The number of benzene rings is 3. The molecule has 0 aliphatic rings. The van der Waals surface area contributed by atoms with Gasteiger partial charge in [0.1, 0.15) is 5.75 Å². The number of sulfonamides is 1. The smallest absolute Gasteiger partial charge is 0.232 e. The molecule has 0 saturated carbocycles. The molecule has 3 aromatic rings. The predicted octanol–water partition coefficient (Wildman–Crippen LogP) is 5.11. The first kappa shape index (κ1) is 25.6. The van der Waals surface area contributed by atoms with Gasteiger partial charge in [-0.25, -0.2) is 8.42 Å². The third kappa shape index (κ3) is 6.52. The second kappa shape index (κ2) is 11.4. The number of carbonyl (C=O) groups is 1. The van der Waals surface area contributed by atoms with Gasteiger partial charge in [-0.2, -0.15) is 0 Å². The van der Waals surface area contributed by atoms with Gasteiger partial charge in [0.15, 0.2) is 0 Å². The molecule has 0 fully saturated rings. The molecule has 180 valence electrons. The van der Waals surface area contributed by atoms with Crippen molar-refractivity contribution in [1.29, 1.82) is 0 Å². The number of methoxy groups -OCH3 is 1. The van der Waals surface area contributed by atoms with Crippen LogP contribution < -0.4 is 14.4 Å². The number of aryl methyl sites for hydroxylation is 1. The lowest BCUT2D eigenvalue weighted by Crippen LogP contribution is -2.33. The van der Waals surface area contributed by atoms with Crippen molar-refractivity contribution in [2.75, 3.05) is 24.2 Å². The fraction of sp³-hybridized carbons (Fsp3) is 0.269. The highest BCUT2D eigenvalue weighted by molar-refractivity contribution is 7.92. The number of anilines is 1. The Bertz CT molecular complexity index is 1230. The number of halogens is 1. The lowest BCUT2D eigenvalue weighted by molar-refractivity contribution is -0.121. The first-order valence-electron chi connectivity index (χ1n) is 10.9. The first-order valence-corrected chi connectivity index (χ1v) is 13.1. The highest BCUT2D eigenvalue weighted by atomic mass is 35.5. The lowest BCUT2D eigenvalue weighted by atomic mass is 9.95. The molecule has 0 heterocycles. The summed E-state index contributed by atoms with van der Waals surface area (Å²) in [6, 6.07) is 22.2. The van der Waals surface area contributed by atoms with E-state index in [4.69, 9.17) is 16.3 Å². The molecule has 0 radical (unpaired) electrons. The minimum absolute atomic E-state index is 0.148. The molecule has 8 heteroatoms. The minimum Gasteiger partial charge on any atom is -0.495 e. The van der Waals surface area contributed by atoms with E-state index >= 15 is 0 Å². The van der Waals surface area contributed by atoms with Crippen molar-refractivity contribution < 1.29 is 17.9 Å². The van der Waals surface area contributed by atoms with Crippen LogP contribution >= 0.6 is 11.6 Å². The average molecular weight is 501 g/mol. The van der Waals surface area contributed by atoms with Crippen LogP contribution in [0.25, 0.3) is 0 Å². The molecule has 1 N–H and O–H groups in total. The van der Waals surface area contributed by atoms with E-state index in [2.05, 4.69) is 5.32 Å². The molecule has 0 aromatic heterocycles. The Labute approximate surface area is 206 Å². The van der Waals surface area contributed by atoms with Gasteiger partial charge < -0.3 is 10.1 Å². The molecule has 1 amide bonds. The molecule has 0 saturated heterocycles. The molecule has 3 rings (SSSR count). The molecule has 0 aliphatic carbocycles. The number of hydrogen-bond acceptors (Lipinski definition) is 4. The van der Waals surface area contributed by atoms with Crippen molar-refractivity contribution in [3.63, 3.8) is 0 Å². The Morgan fingerprint density at radius 2 is 1.74 bits per heavy atom. The fourth-order valence-electron chi connectivity index (χ4n) is 3.81.